The van der Waals surface area contributed by atoms with Crippen molar-refractivity contribution in [1.29, 1.82) is 0 Å². The highest BCUT2D eigenvalue weighted by Crippen LogP contribution is 2.16. The maximum atomic E-state index is 10.8. The molecule has 0 saturated heterocycles. The van der Waals surface area contributed by atoms with Gasteiger partial charge in [0.2, 0.25) is 0 Å². The lowest BCUT2D eigenvalue weighted by molar-refractivity contribution is 0.0690. The van der Waals surface area contributed by atoms with Crippen molar-refractivity contribution in [2.45, 2.75) is 6.92 Å². The average Bonchev–Trinajstić information content (AvgIpc) is 2.29. The van der Waals surface area contributed by atoms with E-state index in [0.29, 0.717) is 5.69 Å². The van der Waals surface area contributed by atoms with Crippen molar-refractivity contribution in [3.05, 3.63) is 48.0 Å². The first-order valence-corrected chi connectivity index (χ1v) is 5.03. The van der Waals surface area contributed by atoms with Gasteiger partial charge in [-0.3, -0.25) is 4.98 Å². The van der Waals surface area contributed by atoms with E-state index in [1.54, 1.807) is 18.5 Å². The Morgan fingerprint density at radius 1 is 1.29 bits per heavy atom. The first-order valence-electron chi connectivity index (χ1n) is 5.03. The fourth-order valence-electron chi connectivity index (χ4n) is 1.42. The SMILES string of the molecule is Cc1cncc(Nc2ccnc(C(=O)O)c2)c1. The summed E-state index contributed by atoms with van der Waals surface area (Å²) in [7, 11) is 0. The minimum absolute atomic E-state index is 0.00983. The molecular weight excluding hydrogens is 218 g/mol. The van der Waals surface area contributed by atoms with Crippen molar-refractivity contribution in [1.82, 2.24) is 9.97 Å². The summed E-state index contributed by atoms with van der Waals surface area (Å²) in [6, 6.07) is 5.10. The zero-order valence-electron chi connectivity index (χ0n) is 9.21. The van der Waals surface area contributed by atoms with Gasteiger partial charge in [0, 0.05) is 18.1 Å². The Morgan fingerprint density at radius 3 is 2.82 bits per heavy atom. The van der Waals surface area contributed by atoms with Gasteiger partial charge in [-0.05, 0) is 30.7 Å². The molecule has 0 aliphatic rings. The molecule has 0 saturated carbocycles. The number of pyridine rings is 2. The number of hydrogen-bond donors (Lipinski definition) is 2. The number of carbonyl (C=O) groups is 1. The maximum Gasteiger partial charge on any atom is 0.354 e. The van der Waals surface area contributed by atoms with Crippen LogP contribution in [0.15, 0.2) is 36.8 Å². The minimum atomic E-state index is -1.05. The zero-order valence-corrected chi connectivity index (χ0v) is 9.21. The Morgan fingerprint density at radius 2 is 2.12 bits per heavy atom. The lowest BCUT2D eigenvalue weighted by atomic mass is 10.2. The number of aryl methyl sites for hydroxylation is 1. The number of carboxylic acids is 1. The molecule has 17 heavy (non-hydrogen) atoms. The van der Waals surface area contributed by atoms with E-state index >= 15 is 0 Å². The van der Waals surface area contributed by atoms with E-state index in [0.717, 1.165) is 11.3 Å². The van der Waals surface area contributed by atoms with Crippen molar-refractivity contribution >= 4 is 17.3 Å². The van der Waals surface area contributed by atoms with Gasteiger partial charge in [-0.15, -0.1) is 0 Å². The van der Waals surface area contributed by atoms with E-state index in [4.69, 9.17) is 5.11 Å². The van der Waals surface area contributed by atoms with Crippen molar-refractivity contribution in [3.8, 4) is 0 Å². The standard InChI is InChI=1S/C12H11N3O2/c1-8-4-10(7-13-6-8)15-9-2-3-14-11(5-9)12(16)17/h2-7H,1H3,(H,14,15)(H,16,17). The molecule has 0 spiro atoms. The molecule has 0 amide bonds. The molecule has 2 N–H and O–H groups in total. The van der Waals surface area contributed by atoms with E-state index in [1.165, 1.54) is 12.3 Å². The Balaban J connectivity index is 2.24. The van der Waals surface area contributed by atoms with Gasteiger partial charge in [0.1, 0.15) is 5.69 Å². The van der Waals surface area contributed by atoms with Crippen LogP contribution in [0, 0.1) is 6.92 Å². The van der Waals surface area contributed by atoms with Gasteiger partial charge in [0.05, 0.1) is 11.9 Å². The number of carboxylic acid groups (broad SMARTS) is 1. The van der Waals surface area contributed by atoms with Gasteiger partial charge in [0.15, 0.2) is 0 Å². The van der Waals surface area contributed by atoms with Crippen LogP contribution in [-0.2, 0) is 0 Å². The summed E-state index contributed by atoms with van der Waals surface area (Å²) < 4.78 is 0. The summed E-state index contributed by atoms with van der Waals surface area (Å²) in [5, 5.41) is 11.9. The predicted molar refractivity (Wildman–Crippen MR) is 63.5 cm³/mol. The Bertz CT molecular complexity index is 555. The molecule has 0 radical (unpaired) electrons. The first kappa shape index (κ1) is 11.1. The van der Waals surface area contributed by atoms with Crippen LogP contribution in [0.5, 0.6) is 0 Å². The molecule has 0 atom stereocenters. The molecule has 2 aromatic heterocycles. The van der Waals surface area contributed by atoms with E-state index < -0.39 is 5.97 Å². The molecule has 0 unspecified atom stereocenters. The van der Waals surface area contributed by atoms with Crippen LogP contribution in [0.1, 0.15) is 16.1 Å². The number of hydrogen-bond acceptors (Lipinski definition) is 4. The highest BCUT2D eigenvalue weighted by Gasteiger charge is 2.05. The molecule has 0 fully saturated rings. The van der Waals surface area contributed by atoms with Crippen LogP contribution in [-0.4, -0.2) is 21.0 Å². The number of rotatable bonds is 3. The molecule has 0 bridgehead atoms. The lowest BCUT2D eigenvalue weighted by Gasteiger charge is -2.06. The molecular formula is C12H11N3O2. The van der Waals surface area contributed by atoms with Crippen LogP contribution < -0.4 is 5.32 Å². The van der Waals surface area contributed by atoms with Crippen molar-refractivity contribution in [2.75, 3.05) is 5.32 Å². The van der Waals surface area contributed by atoms with Crippen LogP contribution >= 0.6 is 0 Å². The van der Waals surface area contributed by atoms with Gasteiger partial charge in [-0.2, -0.15) is 0 Å². The second kappa shape index (κ2) is 4.61. The van der Waals surface area contributed by atoms with Crippen LogP contribution in [0.2, 0.25) is 0 Å². The lowest BCUT2D eigenvalue weighted by Crippen LogP contribution is -2.01. The summed E-state index contributed by atoms with van der Waals surface area (Å²) in [5.41, 5.74) is 2.52. The van der Waals surface area contributed by atoms with Crippen molar-refractivity contribution in [3.63, 3.8) is 0 Å². The van der Waals surface area contributed by atoms with Crippen molar-refractivity contribution < 1.29 is 9.90 Å². The van der Waals surface area contributed by atoms with E-state index in [2.05, 4.69) is 15.3 Å². The number of aromatic nitrogens is 2. The Labute approximate surface area is 98.2 Å². The Hall–Kier alpha value is -2.43. The van der Waals surface area contributed by atoms with Gasteiger partial charge in [-0.25, -0.2) is 9.78 Å². The average molecular weight is 229 g/mol. The molecule has 5 heteroatoms. The molecule has 2 aromatic rings. The smallest absolute Gasteiger partial charge is 0.354 e. The normalized spacial score (nSPS) is 9.94. The molecule has 2 rings (SSSR count). The fourth-order valence-corrected chi connectivity index (χ4v) is 1.42. The molecule has 0 aliphatic heterocycles. The van der Waals surface area contributed by atoms with Gasteiger partial charge in [0.25, 0.3) is 0 Å². The van der Waals surface area contributed by atoms with Crippen LogP contribution in [0.4, 0.5) is 11.4 Å². The third-order valence-corrected chi connectivity index (χ3v) is 2.14. The van der Waals surface area contributed by atoms with Gasteiger partial charge < -0.3 is 10.4 Å². The number of anilines is 2. The zero-order chi connectivity index (χ0) is 12.3. The monoisotopic (exact) mass is 229 g/mol. The Kier molecular flexibility index (Phi) is 3.00. The number of aromatic carboxylic acids is 1. The van der Waals surface area contributed by atoms with E-state index in [-0.39, 0.29) is 5.69 Å². The summed E-state index contributed by atoms with van der Waals surface area (Å²) in [6.45, 7) is 1.94. The third-order valence-electron chi connectivity index (χ3n) is 2.14. The highest BCUT2D eigenvalue weighted by molar-refractivity contribution is 5.86. The topological polar surface area (TPSA) is 75.1 Å². The predicted octanol–water partition coefficient (Wildman–Crippen LogP) is 2.23. The molecule has 0 aliphatic carbocycles. The molecule has 5 nitrogen and oxygen atoms in total. The highest BCUT2D eigenvalue weighted by atomic mass is 16.4. The van der Waals surface area contributed by atoms with E-state index in [9.17, 15) is 4.79 Å². The number of nitrogens with zero attached hydrogens (tertiary/aromatic N) is 2. The van der Waals surface area contributed by atoms with Gasteiger partial charge >= 0.3 is 5.97 Å². The number of nitrogens with one attached hydrogen (secondary N) is 1. The maximum absolute atomic E-state index is 10.8. The van der Waals surface area contributed by atoms with Gasteiger partial charge in [-0.1, -0.05) is 0 Å². The van der Waals surface area contributed by atoms with Crippen LogP contribution in [0.3, 0.4) is 0 Å². The first-order chi connectivity index (χ1) is 8.15. The second-order valence-corrected chi connectivity index (χ2v) is 3.61. The summed E-state index contributed by atoms with van der Waals surface area (Å²) in [6.07, 6.45) is 4.88. The molecule has 86 valence electrons. The second-order valence-electron chi connectivity index (χ2n) is 3.61. The summed E-state index contributed by atoms with van der Waals surface area (Å²) in [5.74, 6) is -1.05. The molecule has 2 heterocycles. The third kappa shape index (κ3) is 2.78. The van der Waals surface area contributed by atoms with Crippen molar-refractivity contribution in [2.24, 2.45) is 0 Å². The fraction of sp³-hybridized carbons (Fsp3) is 0.0833. The van der Waals surface area contributed by atoms with E-state index in [1.807, 2.05) is 13.0 Å². The summed E-state index contributed by atoms with van der Waals surface area (Å²) in [4.78, 5) is 18.5. The quantitative estimate of drug-likeness (QED) is 0.844. The summed E-state index contributed by atoms with van der Waals surface area (Å²) >= 11 is 0. The van der Waals surface area contributed by atoms with Crippen LogP contribution in [0.25, 0.3) is 0 Å². The molecule has 0 aromatic carbocycles. The largest absolute Gasteiger partial charge is 0.477 e. The minimum Gasteiger partial charge on any atom is -0.477 e.